The van der Waals surface area contributed by atoms with Crippen LogP contribution in [0.1, 0.15) is 36.8 Å². The Hall–Kier alpha value is -2.90. The van der Waals surface area contributed by atoms with Crippen molar-refractivity contribution in [1.29, 1.82) is 0 Å². The van der Waals surface area contributed by atoms with Crippen molar-refractivity contribution in [3.8, 4) is 11.1 Å². The maximum atomic E-state index is 9.77. The van der Waals surface area contributed by atoms with Gasteiger partial charge in [-0.2, -0.15) is 0 Å². The molecule has 4 atom stereocenters. The van der Waals surface area contributed by atoms with E-state index in [1.165, 1.54) is 33.4 Å². The third-order valence-electron chi connectivity index (χ3n) is 7.38. The highest BCUT2D eigenvalue weighted by molar-refractivity contribution is 6.02. The molecule has 0 bridgehead atoms. The van der Waals surface area contributed by atoms with Crippen LogP contribution in [-0.4, -0.2) is 59.0 Å². The lowest BCUT2D eigenvalue weighted by Crippen LogP contribution is -2.29. The van der Waals surface area contributed by atoms with E-state index in [1.54, 1.807) is 0 Å². The van der Waals surface area contributed by atoms with E-state index in [4.69, 9.17) is 0 Å². The Bertz CT molecular complexity index is 1100. The van der Waals surface area contributed by atoms with Crippen LogP contribution in [0.2, 0.25) is 0 Å². The van der Waals surface area contributed by atoms with Crippen LogP contribution in [-0.2, 0) is 0 Å². The minimum Gasteiger partial charge on any atom is -0.392 e. The van der Waals surface area contributed by atoms with E-state index in [0.717, 1.165) is 37.1 Å². The SMILES string of the molecule is O[C@@H]1CN[C@H](C2=NC=C(c3ccc(-c4ccc(C5=CN=C([C@@H]6C[C@H](O)CN6)C5)cc4)cc3)C2)C1. The van der Waals surface area contributed by atoms with E-state index in [2.05, 4.69) is 69.1 Å². The first-order valence-electron chi connectivity index (χ1n) is 12.2. The first-order chi connectivity index (χ1) is 16.6. The number of benzene rings is 2. The lowest BCUT2D eigenvalue weighted by molar-refractivity contribution is 0.195. The van der Waals surface area contributed by atoms with Gasteiger partial charge in [0.05, 0.1) is 12.2 Å². The summed E-state index contributed by atoms with van der Waals surface area (Å²) >= 11 is 0. The van der Waals surface area contributed by atoms with E-state index in [-0.39, 0.29) is 24.3 Å². The van der Waals surface area contributed by atoms with E-state index in [9.17, 15) is 10.2 Å². The van der Waals surface area contributed by atoms with Crippen LogP contribution >= 0.6 is 0 Å². The van der Waals surface area contributed by atoms with E-state index in [1.807, 2.05) is 12.4 Å². The number of aliphatic hydroxyl groups is 2. The van der Waals surface area contributed by atoms with Crippen LogP contribution in [0.15, 0.2) is 70.9 Å². The molecule has 174 valence electrons. The van der Waals surface area contributed by atoms with Gasteiger partial charge in [-0.25, -0.2) is 0 Å². The fraction of sp³-hybridized carbons (Fsp3) is 0.357. The standard InChI is InChI=1S/C28H30N4O2/c33-23-11-27(31-15-23)25-9-21(13-29-25)19-5-1-17(2-6-19)18-3-7-20(8-4-18)22-10-26(30-14-22)28-12-24(34)16-32-28/h1-8,13-14,23-24,27-28,31-34H,9-12,15-16H2/t23-,24-,27-,28-/m0/s1. The number of hydrogen-bond acceptors (Lipinski definition) is 6. The average Bonchev–Trinajstić information content (AvgIpc) is 3.66. The number of nitrogens with one attached hydrogen (secondary N) is 2. The van der Waals surface area contributed by atoms with Gasteiger partial charge in [0.15, 0.2) is 0 Å². The number of hydrogen-bond donors (Lipinski definition) is 4. The van der Waals surface area contributed by atoms with Gasteiger partial charge in [0, 0.05) is 61.8 Å². The number of β-amino-alcohol motifs (C(OH)–C–C–N with tert-alkyl or cyclic N) is 2. The highest BCUT2D eigenvalue weighted by atomic mass is 16.3. The zero-order valence-corrected chi connectivity index (χ0v) is 19.1. The van der Waals surface area contributed by atoms with Gasteiger partial charge in [-0.1, -0.05) is 48.5 Å². The Morgan fingerprint density at radius 1 is 0.588 bits per heavy atom. The van der Waals surface area contributed by atoms with Crippen LogP contribution in [0.25, 0.3) is 22.3 Å². The summed E-state index contributed by atoms with van der Waals surface area (Å²) in [5.41, 5.74) is 9.49. The molecule has 2 aromatic rings. The van der Waals surface area contributed by atoms with Gasteiger partial charge in [-0.05, 0) is 46.2 Å². The Balaban J connectivity index is 1.07. The lowest BCUT2D eigenvalue weighted by Gasteiger charge is -2.12. The van der Waals surface area contributed by atoms with E-state index < -0.39 is 0 Å². The number of aliphatic hydroxyl groups excluding tert-OH is 2. The quantitative estimate of drug-likeness (QED) is 0.559. The lowest BCUT2D eigenvalue weighted by atomic mass is 9.95. The molecule has 0 radical (unpaired) electrons. The van der Waals surface area contributed by atoms with Crippen LogP contribution in [0.5, 0.6) is 0 Å². The van der Waals surface area contributed by atoms with Crippen molar-refractivity contribution >= 4 is 22.6 Å². The first kappa shape index (κ1) is 21.6. The van der Waals surface area contributed by atoms with Crippen LogP contribution in [0.4, 0.5) is 0 Å². The summed E-state index contributed by atoms with van der Waals surface area (Å²) < 4.78 is 0. The molecule has 0 aliphatic carbocycles. The summed E-state index contributed by atoms with van der Waals surface area (Å²) in [5.74, 6) is 0. The Labute approximate surface area is 199 Å². The van der Waals surface area contributed by atoms with Crippen molar-refractivity contribution in [2.24, 2.45) is 9.98 Å². The van der Waals surface area contributed by atoms with Gasteiger partial charge in [0.2, 0.25) is 0 Å². The van der Waals surface area contributed by atoms with Gasteiger partial charge in [-0.15, -0.1) is 0 Å². The van der Waals surface area contributed by atoms with Crippen molar-refractivity contribution in [2.75, 3.05) is 13.1 Å². The maximum Gasteiger partial charge on any atom is 0.0683 e. The summed E-state index contributed by atoms with van der Waals surface area (Å²) in [6.07, 6.45) is 6.60. The smallest absolute Gasteiger partial charge is 0.0683 e. The van der Waals surface area contributed by atoms with Gasteiger partial charge in [-0.3, -0.25) is 9.98 Å². The zero-order valence-electron chi connectivity index (χ0n) is 19.1. The third-order valence-corrected chi connectivity index (χ3v) is 7.38. The van der Waals surface area contributed by atoms with Crippen molar-refractivity contribution in [3.63, 3.8) is 0 Å². The highest BCUT2D eigenvalue weighted by Gasteiger charge is 2.29. The molecular weight excluding hydrogens is 424 g/mol. The summed E-state index contributed by atoms with van der Waals surface area (Å²) in [6.45, 7) is 1.31. The minimum absolute atomic E-state index is 0.194. The maximum absolute atomic E-state index is 9.77. The average molecular weight is 455 g/mol. The van der Waals surface area contributed by atoms with Crippen molar-refractivity contribution in [2.45, 2.75) is 50.0 Å². The minimum atomic E-state index is -0.264. The fourth-order valence-electron chi connectivity index (χ4n) is 5.37. The van der Waals surface area contributed by atoms with Crippen molar-refractivity contribution in [1.82, 2.24) is 10.6 Å². The molecular formula is C28H30N4O2. The normalized spacial score (nSPS) is 28.6. The monoisotopic (exact) mass is 454 g/mol. The molecule has 2 aromatic carbocycles. The van der Waals surface area contributed by atoms with Crippen LogP contribution < -0.4 is 10.6 Å². The predicted molar refractivity (Wildman–Crippen MR) is 137 cm³/mol. The van der Waals surface area contributed by atoms with Gasteiger partial charge < -0.3 is 20.8 Å². The molecule has 4 N–H and O–H groups in total. The molecule has 0 aromatic heterocycles. The molecule has 2 fully saturated rings. The molecule has 34 heavy (non-hydrogen) atoms. The Morgan fingerprint density at radius 2 is 0.971 bits per heavy atom. The zero-order chi connectivity index (χ0) is 23.1. The van der Waals surface area contributed by atoms with Crippen molar-refractivity contribution < 1.29 is 10.2 Å². The molecule has 2 saturated heterocycles. The molecule has 0 unspecified atom stereocenters. The topological polar surface area (TPSA) is 89.2 Å². The number of allylic oxidation sites excluding steroid dienone is 2. The molecule has 0 saturated carbocycles. The summed E-state index contributed by atoms with van der Waals surface area (Å²) in [6, 6.07) is 17.8. The number of aliphatic imine (C=N–C) groups is 2. The van der Waals surface area contributed by atoms with Crippen LogP contribution in [0.3, 0.4) is 0 Å². The van der Waals surface area contributed by atoms with E-state index >= 15 is 0 Å². The second kappa shape index (κ2) is 9.04. The molecule has 6 nitrogen and oxygen atoms in total. The highest BCUT2D eigenvalue weighted by Crippen LogP contribution is 2.31. The summed E-state index contributed by atoms with van der Waals surface area (Å²) in [7, 11) is 0. The predicted octanol–water partition coefficient (Wildman–Crippen LogP) is 3.17. The molecule has 4 heterocycles. The number of nitrogens with zero attached hydrogens (tertiary/aromatic N) is 2. The molecule has 0 spiro atoms. The molecule has 6 rings (SSSR count). The molecule has 4 aliphatic rings. The molecule has 4 aliphatic heterocycles. The van der Waals surface area contributed by atoms with Gasteiger partial charge >= 0.3 is 0 Å². The molecule has 6 heteroatoms. The Morgan fingerprint density at radius 3 is 1.32 bits per heavy atom. The summed E-state index contributed by atoms with van der Waals surface area (Å²) in [4.78, 5) is 9.24. The van der Waals surface area contributed by atoms with E-state index in [0.29, 0.717) is 13.1 Å². The fourth-order valence-corrected chi connectivity index (χ4v) is 5.37. The van der Waals surface area contributed by atoms with Gasteiger partial charge in [0.1, 0.15) is 0 Å². The second-order valence-corrected chi connectivity index (χ2v) is 9.76. The second-order valence-electron chi connectivity index (χ2n) is 9.76. The Kier molecular flexibility index (Phi) is 5.75. The number of rotatable bonds is 5. The molecule has 0 amide bonds. The third kappa shape index (κ3) is 4.30. The first-order valence-corrected chi connectivity index (χ1v) is 12.2. The summed E-state index contributed by atoms with van der Waals surface area (Å²) in [5, 5.41) is 26.3. The van der Waals surface area contributed by atoms with Crippen LogP contribution in [0, 0.1) is 0 Å². The largest absolute Gasteiger partial charge is 0.392 e. The van der Waals surface area contributed by atoms with Crippen molar-refractivity contribution in [3.05, 3.63) is 72.1 Å². The van der Waals surface area contributed by atoms with Gasteiger partial charge in [0.25, 0.3) is 0 Å².